The van der Waals surface area contributed by atoms with Gasteiger partial charge in [0.1, 0.15) is 11.5 Å². The lowest BCUT2D eigenvalue weighted by Crippen LogP contribution is -2.44. The highest BCUT2D eigenvalue weighted by Crippen LogP contribution is 2.27. The van der Waals surface area contributed by atoms with Crippen molar-refractivity contribution in [3.05, 3.63) is 57.6 Å². The van der Waals surface area contributed by atoms with E-state index >= 15 is 0 Å². The molecule has 0 saturated heterocycles. The van der Waals surface area contributed by atoms with Gasteiger partial charge in [-0.25, -0.2) is 0 Å². The number of rotatable bonds is 6. The van der Waals surface area contributed by atoms with E-state index in [9.17, 15) is 9.59 Å². The molecule has 2 N–H and O–H groups in total. The molecule has 0 aromatic heterocycles. The lowest BCUT2D eigenvalue weighted by Gasteiger charge is -2.15. The summed E-state index contributed by atoms with van der Waals surface area (Å²) >= 11 is 3.31. The number of carbonyl (C=O) groups is 2. The zero-order valence-corrected chi connectivity index (χ0v) is 17.3. The van der Waals surface area contributed by atoms with Crippen LogP contribution in [-0.4, -0.2) is 25.5 Å². The van der Waals surface area contributed by atoms with Gasteiger partial charge in [-0.05, 0) is 48.2 Å². The first-order chi connectivity index (χ1) is 12.8. The largest absolute Gasteiger partial charge is 0.496 e. The molecule has 2 aromatic rings. The summed E-state index contributed by atoms with van der Waals surface area (Å²) in [6, 6.07) is 10.9. The van der Waals surface area contributed by atoms with Gasteiger partial charge in [-0.15, -0.1) is 0 Å². The number of methoxy groups -OCH3 is 1. The minimum Gasteiger partial charge on any atom is -0.496 e. The van der Waals surface area contributed by atoms with E-state index in [0.29, 0.717) is 17.1 Å². The number of ether oxygens (including phenoxy) is 2. The SMILES string of the molecule is COc1ccc(Br)cc1C(=O)NNC(=O)COc1cc(C)ccc1C(C)C. The third kappa shape index (κ3) is 5.72. The van der Waals surface area contributed by atoms with Gasteiger partial charge >= 0.3 is 0 Å². The molecular weight excluding hydrogens is 412 g/mol. The Morgan fingerprint density at radius 3 is 2.48 bits per heavy atom. The van der Waals surface area contributed by atoms with Gasteiger partial charge in [0.2, 0.25) is 0 Å². The number of amides is 2. The minimum absolute atomic E-state index is 0.209. The molecule has 2 rings (SSSR count). The van der Waals surface area contributed by atoms with E-state index in [1.807, 2.05) is 25.1 Å². The second-order valence-corrected chi connectivity index (χ2v) is 7.25. The van der Waals surface area contributed by atoms with Crippen LogP contribution in [0.5, 0.6) is 11.5 Å². The number of nitrogens with one attached hydrogen (secondary N) is 2. The van der Waals surface area contributed by atoms with Crippen LogP contribution in [0.3, 0.4) is 0 Å². The lowest BCUT2D eigenvalue weighted by atomic mass is 10.0. The van der Waals surface area contributed by atoms with Crippen molar-refractivity contribution < 1.29 is 19.1 Å². The van der Waals surface area contributed by atoms with E-state index in [4.69, 9.17) is 9.47 Å². The lowest BCUT2D eigenvalue weighted by molar-refractivity contribution is -0.123. The van der Waals surface area contributed by atoms with Crippen LogP contribution in [-0.2, 0) is 4.79 Å². The molecule has 0 aliphatic rings. The van der Waals surface area contributed by atoms with Crippen LogP contribution in [0.15, 0.2) is 40.9 Å². The first kappa shape index (κ1) is 20.8. The fourth-order valence-corrected chi connectivity index (χ4v) is 2.84. The summed E-state index contributed by atoms with van der Waals surface area (Å²) < 4.78 is 11.5. The number of hydrogen-bond donors (Lipinski definition) is 2. The van der Waals surface area contributed by atoms with E-state index in [1.54, 1.807) is 18.2 Å². The number of halogens is 1. The highest BCUT2D eigenvalue weighted by molar-refractivity contribution is 9.10. The molecule has 0 aliphatic carbocycles. The number of carbonyl (C=O) groups excluding carboxylic acids is 2. The summed E-state index contributed by atoms with van der Waals surface area (Å²) in [5.41, 5.74) is 7.09. The van der Waals surface area contributed by atoms with Crippen molar-refractivity contribution in [3.8, 4) is 11.5 Å². The summed E-state index contributed by atoms with van der Waals surface area (Å²) in [5.74, 6) is 0.392. The van der Waals surface area contributed by atoms with E-state index in [0.717, 1.165) is 15.6 Å². The van der Waals surface area contributed by atoms with Crippen molar-refractivity contribution >= 4 is 27.7 Å². The standard InChI is InChI=1S/C20H23BrN2O4/c1-12(2)15-7-5-13(3)9-18(15)27-11-19(24)22-23-20(25)16-10-14(21)6-8-17(16)26-4/h5-10,12H,11H2,1-4H3,(H,22,24)(H,23,25). The Labute approximate surface area is 167 Å². The molecule has 0 bridgehead atoms. The summed E-state index contributed by atoms with van der Waals surface area (Å²) in [4.78, 5) is 24.3. The Morgan fingerprint density at radius 1 is 1.07 bits per heavy atom. The van der Waals surface area contributed by atoms with Crippen molar-refractivity contribution in [1.29, 1.82) is 0 Å². The Bertz CT molecular complexity index is 837. The predicted molar refractivity (Wildman–Crippen MR) is 107 cm³/mol. The Balaban J connectivity index is 1.95. The van der Waals surface area contributed by atoms with Crippen LogP contribution in [0.1, 0.15) is 41.3 Å². The molecule has 7 heteroatoms. The van der Waals surface area contributed by atoms with Crippen molar-refractivity contribution in [2.24, 2.45) is 0 Å². The summed E-state index contributed by atoms with van der Waals surface area (Å²) in [6.45, 7) is 5.87. The highest BCUT2D eigenvalue weighted by Gasteiger charge is 2.14. The fourth-order valence-electron chi connectivity index (χ4n) is 2.47. The van der Waals surface area contributed by atoms with Gasteiger partial charge in [0.15, 0.2) is 6.61 Å². The van der Waals surface area contributed by atoms with Gasteiger partial charge in [-0.2, -0.15) is 0 Å². The molecular formula is C20H23BrN2O4. The molecule has 0 fully saturated rings. The smallest absolute Gasteiger partial charge is 0.276 e. The molecule has 0 saturated carbocycles. The summed E-state index contributed by atoms with van der Waals surface area (Å²) in [5, 5.41) is 0. The first-order valence-electron chi connectivity index (χ1n) is 8.48. The van der Waals surface area contributed by atoms with Crippen LogP contribution in [0.25, 0.3) is 0 Å². The topological polar surface area (TPSA) is 76.7 Å². The first-order valence-corrected chi connectivity index (χ1v) is 9.27. The maximum absolute atomic E-state index is 12.3. The number of hydrogen-bond acceptors (Lipinski definition) is 4. The van der Waals surface area contributed by atoms with Crippen molar-refractivity contribution in [2.75, 3.05) is 13.7 Å². The van der Waals surface area contributed by atoms with E-state index in [-0.39, 0.29) is 12.5 Å². The number of aryl methyl sites for hydroxylation is 1. The second-order valence-electron chi connectivity index (χ2n) is 6.33. The maximum Gasteiger partial charge on any atom is 0.276 e. The second kappa shape index (κ2) is 9.41. The van der Waals surface area contributed by atoms with Crippen LogP contribution >= 0.6 is 15.9 Å². The average Bonchev–Trinajstić information content (AvgIpc) is 2.64. The number of hydrazine groups is 1. The minimum atomic E-state index is -0.486. The molecule has 0 unspecified atom stereocenters. The molecule has 2 amide bonds. The van der Waals surface area contributed by atoms with Gasteiger partial charge < -0.3 is 9.47 Å². The molecule has 27 heavy (non-hydrogen) atoms. The van der Waals surface area contributed by atoms with Crippen LogP contribution < -0.4 is 20.3 Å². The van der Waals surface area contributed by atoms with Crippen LogP contribution in [0.2, 0.25) is 0 Å². The number of benzene rings is 2. The summed E-state index contributed by atoms with van der Waals surface area (Å²) in [6.07, 6.45) is 0. The van der Waals surface area contributed by atoms with Gasteiger partial charge in [0.05, 0.1) is 12.7 Å². The van der Waals surface area contributed by atoms with Gasteiger partial charge in [0, 0.05) is 4.47 Å². The molecule has 144 valence electrons. The zero-order chi connectivity index (χ0) is 20.0. The van der Waals surface area contributed by atoms with Crippen molar-refractivity contribution in [1.82, 2.24) is 10.9 Å². The van der Waals surface area contributed by atoms with E-state index < -0.39 is 11.8 Å². The molecule has 0 heterocycles. The Morgan fingerprint density at radius 2 is 1.81 bits per heavy atom. The Kier molecular flexibility index (Phi) is 7.24. The maximum atomic E-state index is 12.3. The predicted octanol–water partition coefficient (Wildman–Crippen LogP) is 3.73. The van der Waals surface area contributed by atoms with Gasteiger partial charge in [-0.1, -0.05) is 41.9 Å². The third-order valence-corrected chi connectivity index (χ3v) is 4.36. The van der Waals surface area contributed by atoms with E-state index in [2.05, 4.69) is 40.6 Å². The fraction of sp³-hybridized carbons (Fsp3) is 0.300. The average molecular weight is 435 g/mol. The molecule has 0 radical (unpaired) electrons. The molecule has 0 aliphatic heterocycles. The van der Waals surface area contributed by atoms with Crippen LogP contribution in [0, 0.1) is 6.92 Å². The molecule has 0 spiro atoms. The zero-order valence-electron chi connectivity index (χ0n) is 15.8. The highest BCUT2D eigenvalue weighted by atomic mass is 79.9. The normalized spacial score (nSPS) is 10.4. The monoisotopic (exact) mass is 434 g/mol. The molecule has 6 nitrogen and oxygen atoms in total. The molecule has 0 atom stereocenters. The Hall–Kier alpha value is -2.54. The van der Waals surface area contributed by atoms with Crippen molar-refractivity contribution in [2.45, 2.75) is 26.7 Å². The van der Waals surface area contributed by atoms with Gasteiger partial charge in [-0.3, -0.25) is 20.4 Å². The quantitative estimate of drug-likeness (QED) is 0.678. The van der Waals surface area contributed by atoms with E-state index in [1.165, 1.54) is 7.11 Å². The third-order valence-electron chi connectivity index (χ3n) is 3.87. The van der Waals surface area contributed by atoms with Crippen molar-refractivity contribution in [3.63, 3.8) is 0 Å². The van der Waals surface area contributed by atoms with Crippen LogP contribution in [0.4, 0.5) is 0 Å². The van der Waals surface area contributed by atoms with Gasteiger partial charge in [0.25, 0.3) is 11.8 Å². The molecule has 2 aromatic carbocycles. The summed E-state index contributed by atoms with van der Waals surface area (Å²) in [7, 11) is 1.47.